The van der Waals surface area contributed by atoms with E-state index in [1.54, 1.807) is 67.8 Å². The third-order valence-electron chi connectivity index (χ3n) is 2.78. The van der Waals surface area contributed by atoms with Crippen molar-refractivity contribution in [1.82, 2.24) is 20.4 Å². The van der Waals surface area contributed by atoms with Gasteiger partial charge in [0.05, 0.1) is 11.9 Å². The van der Waals surface area contributed by atoms with Gasteiger partial charge in [0.2, 0.25) is 0 Å². The van der Waals surface area contributed by atoms with Gasteiger partial charge in [0.15, 0.2) is 17.4 Å². The van der Waals surface area contributed by atoms with Crippen LogP contribution >= 0.6 is 67.8 Å². The fraction of sp³-hybridized carbons (Fsp3) is 0.714. The second-order valence-corrected chi connectivity index (χ2v) is 11.8. The third-order valence-corrected chi connectivity index (χ3v) is 9.60. The molecule has 0 radical (unpaired) electrons. The molecule has 0 aromatic carbocycles. The Hall–Kier alpha value is 0.440. The van der Waals surface area contributed by atoms with Gasteiger partial charge in [-0.15, -0.1) is 20.4 Å². The summed E-state index contributed by atoms with van der Waals surface area (Å²) in [4.78, 5) is 0. The number of hydrogen-bond acceptors (Lipinski definition) is 12. The van der Waals surface area contributed by atoms with Gasteiger partial charge in [-0.1, -0.05) is 72.9 Å². The SMILES string of the molecule is CCCCOCSc1nnc(SSc2nnc(SCOCCCC)s2)s1. The van der Waals surface area contributed by atoms with Crippen LogP contribution in [0.1, 0.15) is 39.5 Å². The van der Waals surface area contributed by atoms with Crippen molar-refractivity contribution in [3.8, 4) is 0 Å². The molecule has 0 N–H and O–H groups in total. The van der Waals surface area contributed by atoms with Crippen LogP contribution in [0.4, 0.5) is 0 Å². The molecule has 0 aliphatic rings. The van der Waals surface area contributed by atoms with Gasteiger partial charge in [-0.05, 0) is 34.4 Å². The van der Waals surface area contributed by atoms with Crippen molar-refractivity contribution in [2.45, 2.75) is 56.9 Å². The summed E-state index contributed by atoms with van der Waals surface area (Å²) in [5, 5.41) is 16.8. The highest BCUT2D eigenvalue weighted by atomic mass is 33.1. The number of nitrogens with zero attached hydrogens (tertiary/aromatic N) is 4. The highest BCUT2D eigenvalue weighted by Crippen LogP contribution is 2.42. The molecular weight excluding hydrogens is 449 g/mol. The van der Waals surface area contributed by atoms with Crippen molar-refractivity contribution in [2.24, 2.45) is 0 Å². The van der Waals surface area contributed by atoms with Gasteiger partial charge in [0.25, 0.3) is 0 Å². The van der Waals surface area contributed by atoms with E-state index < -0.39 is 0 Å². The van der Waals surface area contributed by atoms with E-state index in [9.17, 15) is 0 Å². The second-order valence-electron chi connectivity index (χ2n) is 4.88. The number of unbranched alkanes of at least 4 members (excludes halogenated alkanes) is 2. The van der Waals surface area contributed by atoms with Crippen LogP contribution in [0.2, 0.25) is 0 Å². The number of aromatic nitrogens is 4. The lowest BCUT2D eigenvalue weighted by molar-refractivity contribution is 0.179. The van der Waals surface area contributed by atoms with E-state index in [1.165, 1.54) is 0 Å². The maximum absolute atomic E-state index is 5.53. The van der Waals surface area contributed by atoms with Crippen molar-refractivity contribution >= 4 is 67.8 Å². The molecule has 26 heavy (non-hydrogen) atoms. The van der Waals surface area contributed by atoms with Crippen molar-refractivity contribution < 1.29 is 9.47 Å². The van der Waals surface area contributed by atoms with Gasteiger partial charge < -0.3 is 9.47 Å². The molecule has 146 valence electrons. The number of rotatable bonds is 15. The minimum absolute atomic E-state index is 0.629. The highest BCUT2D eigenvalue weighted by Gasteiger charge is 2.10. The van der Waals surface area contributed by atoms with Crippen LogP contribution in [0, 0.1) is 0 Å². The van der Waals surface area contributed by atoms with Crippen molar-refractivity contribution in [3.05, 3.63) is 0 Å². The van der Waals surface area contributed by atoms with Crippen LogP contribution in [0.3, 0.4) is 0 Å². The van der Waals surface area contributed by atoms with Gasteiger partial charge in [-0.3, -0.25) is 0 Å². The molecule has 0 aliphatic heterocycles. The first-order valence-electron chi connectivity index (χ1n) is 8.24. The molecule has 0 saturated heterocycles. The lowest BCUT2D eigenvalue weighted by atomic mass is 10.4. The molecule has 0 bridgehead atoms. The van der Waals surface area contributed by atoms with Gasteiger partial charge in [0.1, 0.15) is 0 Å². The van der Waals surface area contributed by atoms with E-state index in [1.807, 2.05) is 0 Å². The summed E-state index contributed by atoms with van der Waals surface area (Å²) < 4.78 is 14.8. The van der Waals surface area contributed by atoms with Crippen LogP contribution in [-0.2, 0) is 9.47 Å². The summed E-state index contributed by atoms with van der Waals surface area (Å²) >= 11 is 6.34. The Labute approximate surface area is 178 Å². The first-order valence-corrected chi connectivity index (χ1v) is 14.0. The first-order chi connectivity index (χ1) is 12.8. The zero-order chi connectivity index (χ0) is 18.5. The molecule has 6 nitrogen and oxygen atoms in total. The summed E-state index contributed by atoms with van der Waals surface area (Å²) in [5.74, 6) is 1.26. The topological polar surface area (TPSA) is 70.0 Å². The number of ether oxygens (including phenoxy) is 2. The predicted octanol–water partition coefficient (Wildman–Crippen LogP) is 5.92. The Balaban J connectivity index is 1.63. The van der Waals surface area contributed by atoms with E-state index in [0.717, 1.165) is 56.3 Å². The van der Waals surface area contributed by atoms with Gasteiger partial charge in [-0.25, -0.2) is 0 Å². The normalized spacial score (nSPS) is 11.3. The summed E-state index contributed by atoms with van der Waals surface area (Å²) in [5.41, 5.74) is 0. The third kappa shape index (κ3) is 9.58. The monoisotopic (exact) mass is 470 g/mol. The molecule has 12 heteroatoms. The number of hydrogen-bond donors (Lipinski definition) is 0. The Kier molecular flexibility index (Phi) is 12.6. The maximum atomic E-state index is 5.53. The van der Waals surface area contributed by atoms with Crippen LogP contribution in [0.15, 0.2) is 17.4 Å². The van der Waals surface area contributed by atoms with Gasteiger partial charge >= 0.3 is 0 Å². The Bertz CT molecular complexity index is 560. The van der Waals surface area contributed by atoms with E-state index in [2.05, 4.69) is 34.2 Å². The molecule has 0 unspecified atom stereocenters. The largest absolute Gasteiger partial charge is 0.370 e. The minimum Gasteiger partial charge on any atom is -0.370 e. The van der Waals surface area contributed by atoms with Crippen LogP contribution in [0.5, 0.6) is 0 Å². The standard InChI is InChI=1S/C14H22N4O2S6/c1-3-5-7-19-9-21-11-15-17-13(23-11)25-26-14-18-16-12(24-14)22-10-20-8-6-4-2/h3-10H2,1-2H3. The Morgan fingerprint density at radius 2 is 1.12 bits per heavy atom. The highest BCUT2D eigenvalue weighted by molar-refractivity contribution is 8.77. The molecule has 0 atom stereocenters. The lowest BCUT2D eigenvalue weighted by Crippen LogP contribution is -1.92. The minimum atomic E-state index is 0.629. The zero-order valence-corrected chi connectivity index (χ0v) is 19.6. The first kappa shape index (κ1) is 22.7. The molecular formula is C14H22N4O2S6. The van der Waals surface area contributed by atoms with E-state index in [4.69, 9.17) is 9.47 Å². The summed E-state index contributed by atoms with van der Waals surface area (Å²) in [6.45, 7) is 5.93. The van der Waals surface area contributed by atoms with Crippen LogP contribution < -0.4 is 0 Å². The number of thioether (sulfide) groups is 2. The summed E-state index contributed by atoms with van der Waals surface area (Å²) in [7, 11) is 3.13. The van der Waals surface area contributed by atoms with Crippen molar-refractivity contribution in [2.75, 3.05) is 25.1 Å². The summed E-state index contributed by atoms with van der Waals surface area (Å²) in [6.07, 6.45) is 4.50. The average Bonchev–Trinajstić information content (AvgIpc) is 3.29. The predicted molar refractivity (Wildman–Crippen MR) is 115 cm³/mol. The second kappa shape index (κ2) is 14.4. The smallest absolute Gasteiger partial charge is 0.186 e. The fourth-order valence-electron chi connectivity index (χ4n) is 1.44. The molecule has 0 aliphatic carbocycles. The molecule has 2 heterocycles. The van der Waals surface area contributed by atoms with Crippen molar-refractivity contribution in [3.63, 3.8) is 0 Å². The Morgan fingerprint density at radius 1 is 0.692 bits per heavy atom. The molecule has 2 rings (SSSR count). The molecule has 2 aromatic rings. The molecule has 0 spiro atoms. The molecule has 0 saturated carbocycles. The average molecular weight is 471 g/mol. The lowest BCUT2D eigenvalue weighted by Gasteiger charge is -1.99. The fourth-order valence-corrected chi connectivity index (χ4v) is 7.31. The molecule has 0 fully saturated rings. The molecule has 2 aromatic heterocycles. The summed E-state index contributed by atoms with van der Waals surface area (Å²) in [6, 6.07) is 0. The maximum Gasteiger partial charge on any atom is 0.186 e. The van der Waals surface area contributed by atoms with Crippen LogP contribution in [-0.4, -0.2) is 45.5 Å². The van der Waals surface area contributed by atoms with E-state index in [0.29, 0.717) is 11.9 Å². The zero-order valence-electron chi connectivity index (χ0n) is 14.7. The quantitative estimate of drug-likeness (QED) is 0.135. The van der Waals surface area contributed by atoms with Crippen molar-refractivity contribution in [1.29, 1.82) is 0 Å². The van der Waals surface area contributed by atoms with E-state index >= 15 is 0 Å². The Morgan fingerprint density at radius 3 is 1.54 bits per heavy atom. The van der Waals surface area contributed by atoms with Gasteiger partial charge in [-0.2, -0.15) is 0 Å². The van der Waals surface area contributed by atoms with Crippen LogP contribution in [0.25, 0.3) is 0 Å². The van der Waals surface area contributed by atoms with Gasteiger partial charge in [0, 0.05) is 13.2 Å². The molecule has 0 amide bonds. The van der Waals surface area contributed by atoms with E-state index in [-0.39, 0.29) is 0 Å².